The van der Waals surface area contributed by atoms with Gasteiger partial charge in [0.1, 0.15) is 5.75 Å². The van der Waals surface area contributed by atoms with E-state index >= 15 is 0 Å². The molecule has 1 fully saturated rings. The predicted molar refractivity (Wildman–Crippen MR) is 80.6 cm³/mol. The summed E-state index contributed by atoms with van der Waals surface area (Å²) in [6, 6.07) is 7.85. The minimum Gasteiger partial charge on any atom is -0.508 e. The molecule has 1 saturated heterocycles. The molecule has 1 aromatic carbocycles. The first-order valence-electron chi connectivity index (χ1n) is 7.47. The summed E-state index contributed by atoms with van der Waals surface area (Å²) in [5.74, 6) is 1.08. The summed E-state index contributed by atoms with van der Waals surface area (Å²) in [5, 5.41) is 12.8. The second-order valence-electron chi connectivity index (χ2n) is 5.66. The molecular formula is C16H26N2O. The largest absolute Gasteiger partial charge is 0.508 e. The van der Waals surface area contributed by atoms with E-state index in [4.69, 9.17) is 0 Å². The monoisotopic (exact) mass is 262 g/mol. The summed E-state index contributed by atoms with van der Waals surface area (Å²) in [6.07, 6.45) is 3.82. The lowest BCUT2D eigenvalue weighted by molar-refractivity contribution is 0.176. The first-order valence-corrected chi connectivity index (χ1v) is 7.47. The molecule has 1 heterocycles. The second-order valence-corrected chi connectivity index (χ2v) is 5.66. The number of rotatable bonds is 5. The number of phenolic OH excluding ortho intramolecular Hbond substituents is 1. The molecule has 1 aromatic rings. The van der Waals surface area contributed by atoms with E-state index in [-0.39, 0.29) is 0 Å². The Morgan fingerprint density at radius 3 is 2.47 bits per heavy atom. The lowest BCUT2D eigenvalue weighted by atomic mass is 9.90. The van der Waals surface area contributed by atoms with Crippen LogP contribution in [0.15, 0.2) is 24.3 Å². The Labute approximate surface area is 116 Å². The Morgan fingerprint density at radius 1 is 1.26 bits per heavy atom. The fourth-order valence-corrected chi connectivity index (χ4v) is 2.93. The highest BCUT2D eigenvalue weighted by Gasteiger charge is 2.23. The highest BCUT2D eigenvalue weighted by Crippen LogP contribution is 2.24. The first-order chi connectivity index (χ1) is 9.19. The molecule has 0 saturated carbocycles. The van der Waals surface area contributed by atoms with Crippen molar-refractivity contribution in [3.8, 4) is 5.75 Å². The van der Waals surface area contributed by atoms with Crippen molar-refractivity contribution in [1.29, 1.82) is 0 Å². The third kappa shape index (κ3) is 4.13. The fraction of sp³-hybridized carbons (Fsp3) is 0.625. The molecule has 1 unspecified atom stereocenters. The summed E-state index contributed by atoms with van der Waals surface area (Å²) >= 11 is 0. The van der Waals surface area contributed by atoms with Gasteiger partial charge in [-0.25, -0.2) is 0 Å². The summed E-state index contributed by atoms with van der Waals surface area (Å²) in [4.78, 5) is 2.57. The Bertz CT molecular complexity index is 369. The van der Waals surface area contributed by atoms with Gasteiger partial charge in [0.2, 0.25) is 0 Å². The van der Waals surface area contributed by atoms with Gasteiger partial charge in [-0.1, -0.05) is 6.92 Å². The van der Waals surface area contributed by atoms with E-state index in [2.05, 4.69) is 24.1 Å². The van der Waals surface area contributed by atoms with Gasteiger partial charge in [-0.05, 0) is 76.0 Å². The lowest BCUT2D eigenvalue weighted by Crippen LogP contribution is -2.39. The molecule has 2 N–H and O–H groups in total. The van der Waals surface area contributed by atoms with Crippen molar-refractivity contribution in [3.63, 3.8) is 0 Å². The normalized spacial score (nSPS) is 19.3. The van der Waals surface area contributed by atoms with Crippen LogP contribution < -0.4 is 5.32 Å². The summed E-state index contributed by atoms with van der Waals surface area (Å²) < 4.78 is 0. The van der Waals surface area contributed by atoms with Gasteiger partial charge in [0.05, 0.1) is 0 Å². The molecule has 1 aliphatic rings. The van der Waals surface area contributed by atoms with Crippen molar-refractivity contribution < 1.29 is 5.11 Å². The average Bonchev–Trinajstić information content (AvgIpc) is 2.42. The van der Waals surface area contributed by atoms with Crippen LogP contribution in [0.2, 0.25) is 0 Å². The van der Waals surface area contributed by atoms with E-state index < -0.39 is 0 Å². The first kappa shape index (κ1) is 14.2. The minimum atomic E-state index is 0.325. The van der Waals surface area contributed by atoms with Gasteiger partial charge >= 0.3 is 0 Å². The van der Waals surface area contributed by atoms with Gasteiger partial charge in [0.15, 0.2) is 0 Å². The lowest BCUT2D eigenvalue weighted by Gasteiger charge is -2.35. The van der Waals surface area contributed by atoms with Crippen molar-refractivity contribution in [2.75, 3.05) is 25.0 Å². The van der Waals surface area contributed by atoms with Gasteiger partial charge in [-0.3, -0.25) is 0 Å². The number of benzene rings is 1. The number of piperidine rings is 1. The molecule has 0 amide bonds. The number of likely N-dealkylation sites (tertiary alicyclic amines) is 1. The summed E-state index contributed by atoms with van der Waals surface area (Å²) in [5.41, 5.74) is 1.10. The maximum atomic E-state index is 9.29. The van der Waals surface area contributed by atoms with Crippen molar-refractivity contribution in [1.82, 2.24) is 4.90 Å². The molecule has 0 aliphatic carbocycles. The van der Waals surface area contributed by atoms with E-state index in [0.29, 0.717) is 11.8 Å². The van der Waals surface area contributed by atoms with E-state index in [1.54, 1.807) is 12.1 Å². The van der Waals surface area contributed by atoms with Crippen LogP contribution in [0.3, 0.4) is 0 Å². The van der Waals surface area contributed by atoms with E-state index in [1.807, 2.05) is 12.1 Å². The summed E-state index contributed by atoms with van der Waals surface area (Å²) in [6.45, 7) is 8.24. The third-order valence-electron chi connectivity index (χ3n) is 4.14. The van der Waals surface area contributed by atoms with E-state index in [0.717, 1.165) is 11.6 Å². The number of anilines is 1. The number of hydrogen-bond donors (Lipinski definition) is 2. The molecule has 1 aliphatic heterocycles. The number of aromatic hydroxyl groups is 1. The molecule has 0 spiro atoms. The Kier molecular flexibility index (Phi) is 5.08. The van der Waals surface area contributed by atoms with Gasteiger partial charge in [-0.15, -0.1) is 0 Å². The van der Waals surface area contributed by atoms with E-state index in [1.165, 1.54) is 38.9 Å². The zero-order valence-electron chi connectivity index (χ0n) is 12.1. The van der Waals surface area contributed by atoms with Crippen LogP contribution in [0.1, 0.15) is 33.1 Å². The molecule has 0 bridgehead atoms. The third-order valence-corrected chi connectivity index (χ3v) is 4.14. The highest BCUT2D eigenvalue weighted by atomic mass is 16.3. The number of nitrogens with one attached hydrogen (secondary N) is 1. The molecule has 1 atom stereocenters. The Hall–Kier alpha value is -1.22. The predicted octanol–water partition coefficient (Wildman–Crippen LogP) is 3.31. The van der Waals surface area contributed by atoms with Crippen LogP contribution in [0.4, 0.5) is 5.69 Å². The van der Waals surface area contributed by atoms with Gasteiger partial charge in [-0.2, -0.15) is 0 Å². The number of phenols is 1. The standard InChI is InChI=1S/C16H26N2O/c1-3-10-18-11-8-14(9-12-18)13(2)17-15-4-6-16(19)7-5-15/h4-7,13-14,17,19H,3,8-12H2,1-2H3. The van der Waals surface area contributed by atoms with Crippen molar-refractivity contribution in [2.24, 2.45) is 5.92 Å². The minimum absolute atomic E-state index is 0.325. The second kappa shape index (κ2) is 6.80. The van der Waals surface area contributed by atoms with Gasteiger partial charge < -0.3 is 15.3 Å². The van der Waals surface area contributed by atoms with Gasteiger partial charge in [0.25, 0.3) is 0 Å². The van der Waals surface area contributed by atoms with Crippen molar-refractivity contribution in [3.05, 3.63) is 24.3 Å². The quantitative estimate of drug-likeness (QED) is 0.799. The molecular weight excluding hydrogens is 236 g/mol. The molecule has 3 heteroatoms. The Morgan fingerprint density at radius 2 is 1.89 bits per heavy atom. The van der Waals surface area contributed by atoms with Crippen LogP contribution in [-0.2, 0) is 0 Å². The van der Waals surface area contributed by atoms with Gasteiger partial charge in [0, 0.05) is 11.7 Å². The van der Waals surface area contributed by atoms with Crippen LogP contribution in [-0.4, -0.2) is 35.7 Å². The van der Waals surface area contributed by atoms with Crippen LogP contribution in [0.5, 0.6) is 5.75 Å². The maximum absolute atomic E-state index is 9.29. The molecule has 3 nitrogen and oxygen atoms in total. The van der Waals surface area contributed by atoms with Crippen molar-refractivity contribution in [2.45, 2.75) is 39.2 Å². The zero-order valence-corrected chi connectivity index (χ0v) is 12.1. The number of hydrogen-bond acceptors (Lipinski definition) is 3. The molecule has 2 rings (SSSR count). The Balaban J connectivity index is 1.81. The average molecular weight is 262 g/mol. The van der Waals surface area contributed by atoms with E-state index in [9.17, 15) is 5.11 Å². The molecule has 0 aromatic heterocycles. The molecule has 0 radical (unpaired) electrons. The fourth-order valence-electron chi connectivity index (χ4n) is 2.93. The highest BCUT2D eigenvalue weighted by molar-refractivity contribution is 5.46. The summed E-state index contributed by atoms with van der Waals surface area (Å²) in [7, 11) is 0. The number of nitrogens with zero attached hydrogens (tertiary/aromatic N) is 1. The smallest absolute Gasteiger partial charge is 0.115 e. The van der Waals surface area contributed by atoms with Crippen LogP contribution in [0, 0.1) is 5.92 Å². The van der Waals surface area contributed by atoms with Crippen molar-refractivity contribution >= 4 is 5.69 Å². The zero-order chi connectivity index (χ0) is 13.7. The van der Waals surface area contributed by atoms with Crippen LogP contribution in [0.25, 0.3) is 0 Å². The molecule has 106 valence electrons. The molecule has 19 heavy (non-hydrogen) atoms. The SMILES string of the molecule is CCCN1CCC(C(C)Nc2ccc(O)cc2)CC1. The topological polar surface area (TPSA) is 35.5 Å². The maximum Gasteiger partial charge on any atom is 0.115 e. The van der Waals surface area contributed by atoms with Crippen LogP contribution >= 0.6 is 0 Å².